The molecule has 2 aliphatic carbocycles. The fourth-order valence-corrected chi connectivity index (χ4v) is 10.0. The summed E-state index contributed by atoms with van der Waals surface area (Å²) < 4.78 is 21.6. The van der Waals surface area contributed by atoms with Crippen molar-refractivity contribution in [2.45, 2.75) is 88.4 Å². The smallest absolute Gasteiger partial charge is 0.437 e. The number of hydrogen-bond donors (Lipinski definition) is 1. The van der Waals surface area contributed by atoms with Crippen LogP contribution in [0.4, 0.5) is 15.3 Å². The number of carbonyl (C=O) groups is 2. The SMILES string of the molecule is Cc1nc(C2C3(NC(=O)OCC4c5ccccc5-c5ccccc54)COC2(c2nc4c(C)cc(N5CC[C@](C)(c6ccccc6)C5)cn4n2)C3)n(C(=O)OC(C)(C)C)n1. The number of aromatic nitrogens is 6. The Kier molecular flexibility index (Phi) is 8.34. The summed E-state index contributed by atoms with van der Waals surface area (Å²) in [6, 6.07) is 29.3. The Bertz CT molecular complexity index is 2610. The second kappa shape index (κ2) is 13.2. The number of rotatable bonds is 7. The van der Waals surface area contributed by atoms with E-state index in [9.17, 15) is 9.59 Å². The minimum absolute atomic E-state index is 0.0270. The number of pyridine rings is 1. The number of ether oxygens (including phenoxy) is 3. The van der Waals surface area contributed by atoms with Gasteiger partial charge in [0.05, 0.1) is 29.9 Å². The lowest BCUT2D eigenvalue weighted by molar-refractivity contribution is -0.0462. The molecule has 3 aromatic heterocycles. The van der Waals surface area contributed by atoms with Crippen LogP contribution in [0.5, 0.6) is 0 Å². The van der Waals surface area contributed by atoms with Gasteiger partial charge in [0.2, 0.25) is 0 Å². The van der Waals surface area contributed by atoms with E-state index in [-0.39, 0.29) is 24.5 Å². The largest absolute Gasteiger partial charge is 0.449 e. The molecule has 59 heavy (non-hydrogen) atoms. The van der Waals surface area contributed by atoms with Gasteiger partial charge in [-0.1, -0.05) is 85.8 Å². The molecular formula is C46H48N8O5. The van der Waals surface area contributed by atoms with Crippen LogP contribution in [0.25, 0.3) is 16.8 Å². The highest BCUT2D eigenvalue weighted by Gasteiger charge is 2.76. The molecule has 13 heteroatoms. The number of hydrogen-bond acceptors (Lipinski definition) is 10. The highest BCUT2D eigenvalue weighted by molar-refractivity contribution is 5.79. The van der Waals surface area contributed by atoms with Gasteiger partial charge in [-0.05, 0) is 80.5 Å². The number of carbonyl (C=O) groups excluding carboxylic acids is 2. The fraction of sp³-hybridized carbons (Fsp3) is 0.391. The van der Waals surface area contributed by atoms with Crippen LogP contribution in [0.15, 0.2) is 91.1 Å². The van der Waals surface area contributed by atoms with Crippen LogP contribution in [0.2, 0.25) is 0 Å². The Balaban J connectivity index is 0.969. The zero-order valence-corrected chi connectivity index (χ0v) is 34.2. The third kappa shape index (κ3) is 5.99. The molecular weight excluding hydrogens is 745 g/mol. The number of aryl methyl sites for hydroxylation is 2. The van der Waals surface area contributed by atoms with E-state index < -0.39 is 34.8 Å². The maximum atomic E-state index is 14.0. The van der Waals surface area contributed by atoms with Gasteiger partial charge in [-0.2, -0.15) is 0 Å². The number of amides is 1. The predicted octanol–water partition coefficient (Wildman–Crippen LogP) is 7.58. The van der Waals surface area contributed by atoms with Crippen LogP contribution in [0.3, 0.4) is 0 Å². The van der Waals surface area contributed by atoms with Crippen molar-refractivity contribution >= 4 is 23.5 Å². The second-order valence-electron chi connectivity index (χ2n) is 18.0. The molecule has 3 saturated heterocycles. The normalized spacial score (nSPS) is 24.5. The van der Waals surface area contributed by atoms with Gasteiger partial charge >= 0.3 is 12.2 Å². The van der Waals surface area contributed by atoms with Crippen molar-refractivity contribution < 1.29 is 23.8 Å². The number of anilines is 1. The first-order valence-electron chi connectivity index (χ1n) is 20.4. The van der Waals surface area contributed by atoms with Gasteiger partial charge in [0, 0.05) is 30.8 Å². The quantitative estimate of drug-likeness (QED) is 0.172. The molecule has 4 fully saturated rings. The summed E-state index contributed by atoms with van der Waals surface area (Å²) in [4.78, 5) is 40.0. The third-order valence-corrected chi connectivity index (χ3v) is 12.7. The highest BCUT2D eigenvalue weighted by atomic mass is 16.6. The minimum atomic E-state index is -1.13. The summed E-state index contributed by atoms with van der Waals surface area (Å²) in [5.74, 6) is 0.305. The highest BCUT2D eigenvalue weighted by Crippen LogP contribution is 2.65. The number of nitrogens with one attached hydrogen (secondary N) is 1. The van der Waals surface area contributed by atoms with E-state index in [0.717, 1.165) is 53.0 Å². The third-order valence-electron chi connectivity index (χ3n) is 12.7. The van der Waals surface area contributed by atoms with E-state index in [2.05, 4.69) is 82.9 Å². The Morgan fingerprint density at radius 1 is 0.932 bits per heavy atom. The van der Waals surface area contributed by atoms with Crippen LogP contribution in [0.1, 0.15) is 92.1 Å². The standard InChI is InChI=1S/C46H48N8O5/c1-28-22-31(52-21-20-44(6,26-52)30-14-8-7-9-15-30)23-53-38(28)48-40(51-53)46-25-45(27-58-46,37(46)39-47-29(2)50-54(39)42(56)59-43(3,4)5)49-41(55)57-24-36-34-18-12-10-16-32(34)33-17-11-13-19-35(33)36/h7-19,22-23,36-37H,20-21,24-27H2,1-6H3,(H,49,55)/t37?,44-,45?,46?/m0/s1. The average molecular weight is 793 g/mol. The number of fused-ring (bicyclic) bond motifs is 5. The first-order valence-corrected chi connectivity index (χ1v) is 20.4. The topological polar surface area (TPSA) is 138 Å². The molecule has 0 spiro atoms. The van der Waals surface area contributed by atoms with Crippen molar-refractivity contribution in [3.8, 4) is 11.1 Å². The molecule has 302 valence electrons. The summed E-state index contributed by atoms with van der Waals surface area (Å²) in [6.45, 7) is 13.5. The maximum Gasteiger partial charge on any atom is 0.437 e. The first-order chi connectivity index (χ1) is 28.3. The average Bonchev–Trinajstić information content (AvgIpc) is 4.06. The molecule has 3 aromatic carbocycles. The van der Waals surface area contributed by atoms with Gasteiger partial charge in [-0.3, -0.25) is 0 Å². The number of alkyl carbamates (subject to hydrolysis) is 1. The van der Waals surface area contributed by atoms with E-state index in [1.54, 1.807) is 27.7 Å². The van der Waals surface area contributed by atoms with Gasteiger partial charge in [-0.25, -0.2) is 24.1 Å². The molecule has 1 N–H and O–H groups in total. The monoisotopic (exact) mass is 792 g/mol. The Labute approximate surface area is 342 Å². The number of nitrogens with zero attached hydrogens (tertiary/aromatic N) is 7. The minimum Gasteiger partial charge on any atom is -0.449 e. The molecule has 3 aliphatic heterocycles. The predicted molar refractivity (Wildman–Crippen MR) is 221 cm³/mol. The van der Waals surface area contributed by atoms with Gasteiger partial charge in [0.1, 0.15) is 29.5 Å². The summed E-state index contributed by atoms with van der Waals surface area (Å²) >= 11 is 0. The molecule has 5 aliphatic rings. The van der Waals surface area contributed by atoms with Crippen molar-refractivity contribution in [2.75, 3.05) is 31.2 Å². The van der Waals surface area contributed by atoms with E-state index in [4.69, 9.17) is 29.3 Å². The number of benzene rings is 3. The van der Waals surface area contributed by atoms with E-state index >= 15 is 0 Å². The van der Waals surface area contributed by atoms with Crippen LogP contribution in [-0.4, -0.2) is 79.0 Å². The second-order valence-corrected chi connectivity index (χ2v) is 18.0. The molecule has 6 aromatic rings. The molecule has 11 rings (SSSR count). The summed E-state index contributed by atoms with van der Waals surface area (Å²) in [6.07, 6.45) is 2.13. The lowest BCUT2D eigenvalue weighted by Crippen LogP contribution is -2.65. The molecule has 3 unspecified atom stereocenters. The van der Waals surface area contributed by atoms with Crippen molar-refractivity contribution in [3.05, 3.63) is 131 Å². The Morgan fingerprint density at radius 2 is 1.63 bits per heavy atom. The van der Waals surface area contributed by atoms with Crippen LogP contribution < -0.4 is 10.2 Å². The molecule has 0 radical (unpaired) electrons. The zero-order valence-electron chi connectivity index (χ0n) is 34.2. The van der Waals surface area contributed by atoms with Crippen LogP contribution in [0, 0.1) is 13.8 Å². The molecule has 13 nitrogen and oxygen atoms in total. The van der Waals surface area contributed by atoms with Crippen LogP contribution in [-0.2, 0) is 25.2 Å². The van der Waals surface area contributed by atoms with E-state index in [1.165, 1.54) is 10.2 Å². The van der Waals surface area contributed by atoms with E-state index in [1.807, 2.05) is 41.9 Å². The Hall–Kier alpha value is -6.08. The fourth-order valence-electron chi connectivity index (χ4n) is 10.0. The lowest BCUT2D eigenvalue weighted by atomic mass is 9.58. The maximum absolute atomic E-state index is 14.0. The van der Waals surface area contributed by atoms with Gasteiger partial charge in [-0.15, -0.1) is 14.9 Å². The van der Waals surface area contributed by atoms with Gasteiger partial charge < -0.3 is 24.4 Å². The first kappa shape index (κ1) is 37.2. The molecule has 4 atom stereocenters. The summed E-state index contributed by atoms with van der Waals surface area (Å²) in [7, 11) is 0. The summed E-state index contributed by atoms with van der Waals surface area (Å²) in [5, 5.41) is 12.8. The molecule has 6 heterocycles. The van der Waals surface area contributed by atoms with Crippen molar-refractivity contribution in [1.29, 1.82) is 0 Å². The molecule has 1 amide bonds. The summed E-state index contributed by atoms with van der Waals surface area (Å²) in [5.41, 5.74) is 5.71. The van der Waals surface area contributed by atoms with Crippen molar-refractivity contribution in [1.82, 2.24) is 34.7 Å². The van der Waals surface area contributed by atoms with Gasteiger partial charge in [0.15, 0.2) is 11.5 Å². The van der Waals surface area contributed by atoms with E-state index in [0.29, 0.717) is 29.5 Å². The lowest BCUT2D eigenvalue weighted by Gasteiger charge is -2.50. The molecule has 1 saturated carbocycles. The van der Waals surface area contributed by atoms with Crippen molar-refractivity contribution in [3.63, 3.8) is 0 Å². The van der Waals surface area contributed by atoms with Crippen molar-refractivity contribution in [2.24, 2.45) is 0 Å². The van der Waals surface area contributed by atoms with Crippen LogP contribution >= 0.6 is 0 Å². The zero-order chi connectivity index (χ0) is 40.9. The van der Waals surface area contributed by atoms with Gasteiger partial charge in [0.25, 0.3) is 0 Å². The Morgan fingerprint density at radius 3 is 2.34 bits per heavy atom. The molecule has 2 bridgehead atoms.